The van der Waals surface area contributed by atoms with E-state index in [4.69, 9.17) is 14.4 Å². The molecule has 2 aliphatic heterocycles. The van der Waals surface area contributed by atoms with Gasteiger partial charge in [-0.05, 0) is 58.9 Å². The number of hydrogen-bond acceptors (Lipinski definition) is 13. The van der Waals surface area contributed by atoms with Gasteiger partial charge in [0, 0.05) is 51.8 Å². The Morgan fingerprint density at radius 2 is 1.06 bits per heavy atom. The maximum absolute atomic E-state index is 12.5. The van der Waals surface area contributed by atoms with Gasteiger partial charge in [0.1, 0.15) is 17.0 Å². The van der Waals surface area contributed by atoms with Gasteiger partial charge in [-0.2, -0.15) is 15.7 Å². The Labute approximate surface area is 302 Å². The molecule has 18 nitrogen and oxygen atoms in total. The van der Waals surface area contributed by atoms with Crippen LogP contribution in [0.4, 0.5) is 9.59 Å². The molecule has 0 spiro atoms. The normalized spacial score (nSPS) is 20.4. The molecule has 0 bridgehead atoms. The van der Waals surface area contributed by atoms with Gasteiger partial charge in [-0.25, -0.2) is 51.6 Å². The highest BCUT2D eigenvalue weighted by atomic mass is 32.2. The minimum Gasteiger partial charge on any atom is -0.442 e. The molecule has 0 aliphatic carbocycles. The summed E-state index contributed by atoms with van der Waals surface area (Å²) in [5.74, 6) is -0.963. The number of benzene rings is 2. The highest BCUT2D eigenvalue weighted by Crippen LogP contribution is 2.29. The third-order valence-electron chi connectivity index (χ3n) is 7.41. The summed E-state index contributed by atoms with van der Waals surface area (Å²) in [6.45, 7) is 8.02. The molecule has 0 saturated heterocycles. The number of nitrogens with one attached hydrogen (secondary N) is 2. The van der Waals surface area contributed by atoms with Crippen molar-refractivity contribution in [3.8, 4) is 0 Å². The minimum absolute atomic E-state index is 0.138. The molecule has 4 rings (SSSR count). The van der Waals surface area contributed by atoms with Crippen LogP contribution in [0.1, 0.15) is 45.7 Å². The summed E-state index contributed by atoms with van der Waals surface area (Å²) in [5.41, 5.74) is 1.95. The first-order valence-electron chi connectivity index (χ1n) is 15.4. The molecule has 0 fully saturated rings. The maximum Gasteiger partial charge on any atom is 0.431 e. The average Bonchev–Trinajstić information content (AvgIpc) is 3.41. The molecule has 0 saturated carbocycles. The molecule has 2 aromatic rings. The SMILES string of the molecule is CN(C)C(=O)NOC1(C)C(=O)N(C)N=C1c1ccc(S(C)(=O)=O)cc1.CN1N=C(c2ccc(S(C)(=O)=O)cc2)C(C)(ONC(=O)OC(C)(C)C)C1=O. The van der Waals surface area contributed by atoms with E-state index in [-0.39, 0.29) is 21.2 Å². The van der Waals surface area contributed by atoms with Crippen LogP contribution in [-0.2, 0) is 43.7 Å². The lowest BCUT2D eigenvalue weighted by Crippen LogP contribution is -2.51. The molecule has 2 heterocycles. The molecule has 2 aliphatic rings. The smallest absolute Gasteiger partial charge is 0.431 e. The Bertz CT molecular complexity index is 2010. The van der Waals surface area contributed by atoms with Gasteiger partial charge in [0.2, 0.25) is 11.2 Å². The number of sulfone groups is 2. The second-order valence-corrected chi connectivity index (χ2v) is 17.4. The summed E-state index contributed by atoms with van der Waals surface area (Å²) in [7, 11) is -0.708. The fraction of sp³-hybridized carbons (Fsp3) is 0.438. The second-order valence-electron chi connectivity index (χ2n) is 13.3. The van der Waals surface area contributed by atoms with Crippen molar-refractivity contribution in [2.75, 3.05) is 40.7 Å². The first-order chi connectivity index (χ1) is 23.7. The van der Waals surface area contributed by atoms with Crippen molar-refractivity contribution in [3.05, 3.63) is 59.7 Å². The van der Waals surface area contributed by atoms with Crippen LogP contribution < -0.4 is 11.0 Å². The number of hydrazone groups is 2. The predicted molar refractivity (Wildman–Crippen MR) is 188 cm³/mol. The number of hydrogen-bond donors (Lipinski definition) is 2. The summed E-state index contributed by atoms with van der Waals surface area (Å²) in [6.07, 6.45) is 1.36. The van der Waals surface area contributed by atoms with Crippen LogP contribution in [-0.4, -0.2) is 125 Å². The van der Waals surface area contributed by atoms with E-state index in [0.717, 1.165) is 22.5 Å². The minimum atomic E-state index is -3.35. The van der Waals surface area contributed by atoms with Crippen molar-refractivity contribution in [2.45, 2.75) is 61.2 Å². The first-order valence-corrected chi connectivity index (χ1v) is 19.2. The van der Waals surface area contributed by atoms with E-state index in [1.165, 1.54) is 95.5 Å². The first kappa shape index (κ1) is 41.5. The zero-order valence-corrected chi connectivity index (χ0v) is 32.3. The van der Waals surface area contributed by atoms with Crippen LogP contribution >= 0.6 is 0 Å². The molecule has 5 amide bonds. The Balaban J connectivity index is 0.000000281. The van der Waals surface area contributed by atoms with E-state index in [2.05, 4.69) is 21.2 Å². The third-order valence-corrected chi connectivity index (χ3v) is 9.66. The number of likely N-dealkylation sites (N-methyl/N-ethyl adjacent to an activating group) is 2. The third kappa shape index (κ3) is 9.49. The standard InChI is InChI=1S/C17H23N3O6S.C15H20N4O5S/c1-16(2,3)25-15(22)19-26-17(4)13(18-20(5)14(17)21)11-7-9-12(10-8-11)27(6,23)24;1-15(24-17-14(21)18(2)3)12(16-19(4)13(15)20)10-6-8-11(9-7-10)25(5,22)23/h7-10H,1-6H3,(H,19,22);6-9H,1-5H3,(H,17,21). The summed E-state index contributed by atoms with van der Waals surface area (Å²) >= 11 is 0. The molecule has 0 radical (unpaired) electrons. The van der Waals surface area contributed by atoms with E-state index in [9.17, 15) is 36.0 Å². The average molecular weight is 766 g/mol. The van der Waals surface area contributed by atoms with E-state index in [1.807, 2.05) is 0 Å². The van der Waals surface area contributed by atoms with E-state index in [0.29, 0.717) is 11.1 Å². The van der Waals surface area contributed by atoms with Crippen molar-refractivity contribution >= 4 is 55.0 Å². The summed E-state index contributed by atoms with van der Waals surface area (Å²) in [6, 6.07) is 11.3. The Kier molecular flexibility index (Phi) is 12.0. The summed E-state index contributed by atoms with van der Waals surface area (Å²) < 4.78 is 51.4. The van der Waals surface area contributed by atoms with Crippen molar-refractivity contribution in [3.63, 3.8) is 0 Å². The van der Waals surface area contributed by atoms with Gasteiger partial charge < -0.3 is 9.64 Å². The maximum atomic E-state index is 12.5. The number of rotatable bonds is 8. The van der Waals surface area contributed by atoms with Gasteiger partial charge >= 0.3 is 12.1 Å². The number of carbonyl (C=O) groups is 4. The van der Waals surface area contributed by atoms with Gasteiger partial charge in [-0.1, -0.05) is 24.3 Å². The lowest BCUT2D eigenvalue weighted by atomic mass is 9.94. The molecule has 2 unspecified atom stereocenters. The summed E-state index contributed by atoms with van der Waals surface area (Å²) in [4.78, 5) is 60.8. The molecule has 284 valence electrons. The zero-order valence-electron chi connectivity index (χ0n) is 30.7. The van der Waals surface area contributed by atoms with Crippen molar-refractivity contribution in [1.82, 2.24) is 25.9 Å². The zero-order chi connectivity index (χ0) is 39.6. The van der Waals surface area contributed by atoms with Crippen molar-refractivity contribution in [1.29, 1.82) is 0 Å². The van der Waals surface area contributed by atoms with Crippen LogP contribution in [0.2, 0.25) is 0 Å². The van der Waals surface area contributed by atoms with Crippen molar-refractivity contribution in [2.24, 2.45) is 10.2 Å². The Morgan fingerprint density at radius 3 is 1.37 bits per heavy atom. The molecule has 0 aromatic heterocycles. The molecule has 52 heavy (non-hydrogen) atoms. The number of urea groups is 1. The monoisotopic (exact) mass is 765 g/mol. The van der Waals surface area contributed by atoms with Crippen LogP contribution in [0.3, 0.4) is 0 Å². The van der Waals surface area contributed by atoms with Gasteiger partial charge in [0.15, 0.2) is 19.7 Å². The molecular weight excluding hydrogens is 723 g/mol. The van der Waals surface area contributed by atoms with E-state index >= 15 is 0 Å². The topological polar surface area (TPSA) is 223 Å². The lowest BCUT2D eigenvalue weighted by molar-refractivity contribution is -0.149. The summed E-state index contributed by atoms with van der Waals surface area (Å²) in [5, 5.41) is 10.5. The van der Waals surface area contributed by atoms with Crippen LogP contribution in [0, 0.1) is 0 Å². The predicted octanol–water partition coefficient (Wildman–Crippen LogP) is 1.71. The highest BCUT2D eigenvalue weighted by Gasteiger charge is 2.50. The fourth-order valence-electron chi connectivity index (χ4n) is 4.65. The van der Waals surface area contributed by atoms with Gasteiger partial charge in [-0.3, -0.25) is 9.59 Å². The number of ether oxygens (including phenoxy) is 1. The quantitative estimate of drug-likeness (QED) is 0.368. The molecule has 2 atom stereocenters. The van der Waals surface area contributed by atoms with E-state index < -0.39 is 60.4 Å². The van der Waals surface area contributed by atoms with Crippen LogP contribution in [0.5, 0.6) is 0 Å². The highest BCUT2D eigenvalue weighted by molar-refractivity contribution is 7.91. The van der Waals surface area contributed by atoms with Crippen LogP contribution in [0.15, 0.2) is 68.5 Å². The lowest BCUT2D eigenvalue weighted by Gasteiger charge is -2.25. The van der Waals surface area contributed by atoms with Crippen LogP contribution in [0.25, 0.3) is 0 Å². The number of carbonyl (C=O) groups excluding carboxylic acids is 4. The second kappa shape index (κ2) is 15.0. The van der Waals surface area contributed by atoms with Gasteiger partial charge in [0.05, 0.1) is 9.79 Å². The number of hydroxylamine groups is 2. The van der Waals surface area contributed by atoms with Crippen molar-refractivity contribution < 1.29 is 50.4 Å². The molecule has 2 N–H and O–H groups in total. The Hall–Kier alpha value is -4.92. The van der Waals surface area contributed by atoms with E-state index in [1.54, 1.807) is 20.8 Å². The molecule has 2 aromatic carbocycles. The number of nitrogens with zero attached hydrogens (tertiary/aromatic N) is 5. The fourth-order valence-corrected chi connectivity index (χ4v) is 5.91. The largest absolute Gasteiger partial charge is 0.442 e. The molecule has 20 heteroatoms. The van der Waals surface area contributed by atoms with Gasteiger partial charge in [-0.15, -0.1) is 0 Å². The Morgan fingerprint density at radius 1 is 0.712 bits per heavy atom. The van der Waals surface area contributed by atoms with Gasteiger partial charge in [0.25, 0.3) is 11.8 Å². The number of amides is 5. The molecular formula is C32H43N7O11S2.